The van der Waals surface area contributed by atoms with Gasteiger partial charge in [0, 0.05) is 0 Å². The van der Waals surface area contributed by atoms with Crippen molar-refractivity contribution in [1.29, 1.82) is 0 Å². The predicted molar refractivity (Wildman–Crippen MR) is 61.8 cm³/mol. The van der Waals surface area contributed by atoms with Crippen LogP contribution in [0.15, 0.2) is 17.0 Å². The van der Waals surface area contributed by atoms with Crippen LogP contribution in [-0.4, -0.2) is 29.9 Å². The van der Waals surface area contributed by atoms with Crippen molar-refractivity contribution in [2.75, 3.05) is 6.26 Å². The van der Waals surface area contributed by atoms with Gasteiger partial charge in [-0.2, -0.15) is 17.6 Å². The molecule has 106 valence electrons. The van der Waals surface area contributed by atoms with Crippen molar-refractivity contribution in [2.45, 2.75) is 17.4 Å². The molecular formula is C10H7ClF4O3S. The molecule has 1 aromatic carbocycles. The largest absolute Gasteiger partial charge is 0.478 e. The van der Waals surface area contributed by atoms with E-state index in [-0.39, 0.29) is 15.5 Å². The van der Waals surface area contributed by atoms with E-state index in [0.717, 1.165) is 23.9 Å². The second-order valence-corrected chi connectivity index (χ2v) is 4.42. The molecule has 0 aliphatic heterocycles. The lowest BCUT2D eigenvalue weighted by Gasteiger charge is -2.19. The van der Waals surface area contributed by atoms with Crippen LogP contribution in [-0.2, 0) is 0 Å². The normalized spacial score (nSPS) is 11.7. The molecule has 0 saturated carbocycles. The topological polar surface area (TPSA) is 46.5 Å². The summed E-state index contributed by atoms with van der Waals surface area (Å²) < 4.78 is 53.6. The Hall–Kier alpha value is -1.15. The van der Waals surface area contributed by atoms with Gasteiger partial charge in [0.05, 0.1) is 15.5 Å². The zero-order valence-electron chi connectivity index (χ0n) is 9.29. The highest BCUT2D eigenvalue weighted by Crippen LogP contribution is 2.40. The molecule has 9 heteroatoms. The number of rotatable bonds is 5. The standard InChI is InChI=1S/C10H7ClF4O3S/c1-19-7-5(18-10(14,15)9(12)13)3-2-4(6(7)11)8(16)17/h2-3,9H,1H3,(H,16,17). The first-order valence-corrected chi connectivity index (χ1v) is 6.25. The molecule has 0 radical (unpaired) electrons. The van der Waals surface area contributed by atoms with Gasteiger partial charge in [0.1, 0.15) is 5.75 Å². The minimum Gasteiger partial charge on any atom is -0.478 e. The number of benzene rings is 1. The number of ether oxygens (including phenoxy) is 1. The summed E-state index contributed by atoms with van der Waals surface area (Å²) in [5, 5.41) is 8.45. The lowest BCUT2D eigenvalue weighted by molar-refractivity contribution is -0.254. The van der Waals surface area contributed by atoms with E-state index in [1.165, 1.54) is 6.26 Å². The number of alkyl halides is 4. The fourth-order valence-electron chi connectivity index (χ4n) is 1.17. The molecule has 0 bridgehead atoms. The minimum atomic E-state index is -4.68. The highest BCUT2D eigenvalue weighted by molar-refractivity contribution is 7.98. The maximum atomic E-state index is 12.8. The molecule has 0 heterocycles. The van der Waals surface area contributed by atoms with Crippen molar-refractivity contribution in [3.63, 3.8) is 0 Å². The summed E-state index contributed by atoms with van der Waals surface area (Å²) in [6.07, 6.45) is -7.28. The van der Waals surface area contributed by atoms with Gasteiger partial charge in [0.2, 0.25) is 0 Å². The van der Waals surface area contributed by atoms with Crippen LogP contribution in [0.25, 0.3) is 0 Å². The molecule has 1 N–H and O–H groups in total. The number of carbonyl (C=O) groups is 1. The second kappa shape index (κ2) is 5.87. The van der Waals surface area contributed by atoms with Gasteiger partial charge < -0.3 is 9.84 Å². The van der Waals surface area contributed by atoms with Crippen LogP contribution in [0, 0.1) is 0 Å². The Morgan fingerprint density at radius 1 is 1.47 bits per heavy atom. The van der Waals surface area contributed by atoms with E-state index in [1.807, 2.05) is 0 Å². The highest BCUT2D eigenvalue weighted by atomic mass is 35.5. The van der Waals surface area contributed by atoms with Crippen molar-refractivity contribution >= 4 is 29.3 Å². The Balaban J connectivity index is 3.24. The van der Waals surface area contributed by atoms with E-state index < -0.39 is 24.3 Å². The lowest BCUT2D eigenvalue weighted by Crippen LogP contribution is -2.33. The molecule has 1 rings (SSSR count). The van der Waals surface area contributed by atoms with Crippen molar-refractivity contribution in [3.8, 4) is 5.75 Å². The van der Waals surface area contributed by atoms with E-state index in [0.29, 0.717) is 0 Å². The molecule has 3 nitrogen and oxygen atoms in total. The summed E-state index contributed by atoms with van der Waals surface area (Å²) in [6, 6.07) is 1.76. The summed E-state index contributed by atoms with van der Waals surface area (Å²) in [5.74, 6) is -1.97. The number of hydrogen-bond donors (Lipinski definition) is 1. The third-order valence-electron chi connectivity index (χ3n) is 2.00. The smallest absolute Gasteiger partial charge is 0.461 e. The number of carboxylic acid groups (broad SMARTS) is 1. The van der Waals surface area contributed by atoms with Gasteiger partial charge in [-0.05, 0) is 18.4 Å². The van der Waals surface area contributed by atoms with E-state index in [2.05, 4.69) is 4.74 Å². The molecule has 0 fully saturated rings. The summed E-state index contributed by atoms with van der Waals surface area (Å²) >= 11 is 6.51. The van der Waals surface area contributed by atoms with Crippen LogP contribution >= 0.6 is 23.4 Å². The highest BCUT2D eigenvalue weighted by Gasteiger charge is 2.44. The zero-order chi connectivity index (χ0) is 14.8. The van der Waals surface area contributed by atoms with Gasteiger partial charge in [-0.15, -0.1) is 11.8 Å². The van der Waals surface area contributed by atoms with Gasteiger partial charge in [-0.25, -0.2) is 4.79 Å². The SMILES string of the molecule is CSc1c(OC(F)(F)C(F)F)ccc(C(=O)O)c1Cl. The van der Waals surface area contributed by atoms with Crippen molar-refractivity contribution in [1.82, 2.24) is 0 Å². The molecule has 1 aromatic rings. The van der Waals surface area contributed by atoms with Crippen LogP contribution in [0.3, 0.4) is 0 Å². The Labute approximate surface area is 114 Å². The third-order valence-corrected chi connectivity index (χ3v) is 3.31. The second-order valence-electron chi connectivity index (χ2n) is 3.23. The van der Waals surface area contributed by atoms with E-state index >= 15 is 0 Å². The molecule has 0 aliphatic rings. The molecule has 0 spiro atoms. The van der Waals surface area contributed by atoms with E-state index in [4.69, 9.17) is 16.7 Å². The maximum Gasteiger partial charge on any atom is 0.461 e. The van der Waals surface area contributed by atoms with Gasteiger partial charge in [-0.1, -0.05) is 11.6 Å². The minimum absolute atomic E-state index is 0.151. The number of halogens is 5. The van der Waals surface area contributed by atoms with Crippen molar-refractivity contribution in [2.24, 2.45) is 0 Å². The molecular weight excluding hydrogens is 312 g/mol. The average Bonchev–Trinajstić information content (AvgIpc) is 2.28. The van der Waals surface area contributed by atoms with Gasteiger partial charge in [0.25, 0.3) is 0 Å². The number of hydrogen-bond acceptors (Lipinski definition) is 3. The van der Waals surface area contributed by atoms with Crippen LogP contribution in [0.4, 0.5) is 17.6 Å². The summed E-state index contributed by atoms with van der Waals surface area (Å²) in [7, 11) is 0. The van der Waals surface area contributed by atoms with Gasteiger partial charge >= 0.3 is 18.5 Å². The summed E-state index contributed by atoms with van der Waals surface area (Å²) in [5.41, 5.74) is -0.335. The fourth-order valence-corrected chi connectivity index (χ4v) is 2.23. The summed E-state index contributed by atoms with van der Waals surface area (Å²) in [4.78, 5) is 10.6. The first kappa shape index (κ1) is 15.9. The quantitative estimate of drug-likeness (QED) is 0.658. The fraction of sp³-hybridized carbons (Fsp3) is 0.300. The maximum absolute atomic E-state index is 12.8. The van der Waals surface area contributed by atoms with Crippen molar-refractivity contribution < 1.29 is 32.2 Å². The molecule has 0 unspecified atom stereocenters. The van der Waals surface area contributed by atoms with Crippen molar-refractivity contribution in [3.05, 3.63) is 22.7 Å². The zero-order valence-corrected chi connectivity index (χ0v) is 10.9. The molecule has 0 atom stereocenters. The number of thioether (sulfide) groups is 1. The Kier molecular flexibility index (Phi) is 4.92. The summed E-state index contributed by atoms with van der Waals surface area (Å²) in [6.45, 7) is 0. The van der Waals surface area contributed by atoms with Crippen LogP contribution in [0.1, 0.15) is 10.4 Å². The van der Waals surface area contributed by atoms with Gasteiger partial charge in [0.15, 0.2) is 0 Å². The molecule has 0 amide bonds. The molecule has 0 saturated heterocycles. The molecule has 0 aromatic heterocycles. The Morgan fingerprint density at radius 2 is 2.05 bits per heavy atom. The average molecular weight is 319 g/mol. The Morgan fingerprint density at radius 3 is 2.47 bits per heavy atom. The molecule has 19 heavy (non-hydrogen) atoms. The third kappa shape index (κ3) is 3.44. The Bertz CT molecular complexity index is 496. The number of carboxylic acids is 1. The lowest BCUT2D eigenvalue weighted by atomic mass is 10.2. The first-order valence-electron chi connectivity index (χ1n) is 4.65. The predicted octanol–water partition coefficient (Wildman–Crippen LogP) is 4.00. The van der Waals surface area contributed by atoms with E-state index in [1.54, 1.807) is 0 Å². The van der Waals surface area contributed by atoms with Crippen LogP contribution < -0.4 is 4.74 Å². The van der Waals surface area contributed by atoms with E-state index in [9.17, 15) is 22.4 Å². The van der Waals surface area contributed by atoms with Crippen LogP contribution in [0.2, 0.25) is 5.02 Å². The monoisotopic (exact) mass is 318 g/mol. The molecule has 0 aliphatic carbocycles. The first-order chi connectivity index (χ1) is 8.70. The van der Waals surface area contributed by atoms with Crippen LogP contribution in [0.5, 0.6) is 5.75 Å². The van der Waals surface area contributed by atoms with Gasteiger partial charge in [-0.3, -0.25) is 0 Å². The number of aromatic carboxylic acids is 1.